The number of rotatable bonds is 7. The zero-order valence-corrected chi connectivity index (χ0v) is 34.1. The van der Waals surface area contributed by atoms with Crippen molar-refractivity contribution in [2.24, 2.45) is 0 Å². The third kappa shape index (κ3) is 5.42. The molecular formula is C61H41N. The standard InChI is InChI=1S/C61H41N/c1-3-20-43(21-4-1)48-27-15-18-37-58(48)62(60-55-33-12-10-29-50(55)49-28-9-11-32-54(49)59(60)53-34-19-23-42-22-7-8-26-47(42)53)46-40-38-45(39-41-46)61(44-24-5-2-6-25-44)56-35-16-13-30-51(56)52-31-14-17-36-57(52)61/h1-41H. The van der Waals surface area contributed by atoms with Crippen molar-refractivity contribution in [3.63, 3.8) is 0 Å². The molecule has 1 aliphatic rings. The van der Waals surface area contributed by atoms with Crippen molar-refractivity contribution in [2.45, 2.75) is 5.41 Å². The molecule has 0 aliphatic heterocycles. The molecule has 0 amide bonds. The van der Waals surface area contributed by atoms with Crippen LogP contribution >= 0.6 is 0 Å². The molecule has 0 unspecified atom stereocenters. The van der Waals surface area contributed by atoms with Crippen molar-refractivity contribution < 1.29 is 0 Å². The SMILES string of the molecule is c1ccc(-c2ccccc2N(c2ccc(C3(c4ccccc4)c4ccccc4-c4ccccc43)cc2)c2c(-c3cccc4ccccc34)c3ccccc3c3ccccc23)cc1. The second-order valence-corrected chi connectivity index (χ2v) is 16.3. The van der Waals surface area contributed by atoms with E-state index < -0.39 is 5.41 Å². The fourth-order valence-corrected chi connectivity index (χ4v) is 10.6. The third-order valence-corrected chi connectivity index (χ3v) is 13.1. The van der Waals surface area contributed by atoms with Gasteiger partial charge in [-0.25, -0.2) is 0 Å². The van der Waals surface area contributed by atoms with Crippen LogP contribution in [0.25, 0.3) is 65.7 Å². The van der Waals surface area contributed by atoms with E-state index in [9.17, 15) is 0 Å². The van der Waals surface area contributed by atoms with Crippen LogP contribution in [0.5, 0.6) is 0 Å². The van der Waals surface area contributed by atoms with Crippen LogP contribution in [0.3, 0.4) is 0 Å². The van der Waals surface area contributed by atoms with Crippen molar-refractivity contribution in [2.75, 3.05) is 4.90 Å². The molecule has 0 bridgehead atoms. The summed E-state index contributed by atoms with van der Waals surface area (Å²) in [5.41, 5.74) is 15.3. The van der Waals surface area contributed by atoms with Gasteiger partial charge in [0.1, 0.15) is 0 Å². The van der Waals surface area contributed by atoms with Gasteiger partial charge in [-0.1, -0.05) is 231 Å². The fourth-order valence-electron chi connectivity index (χ4n) is 10.6. The third-order valence-electron chi connectivity index (χ3n) is 13.1. The van der Waals surface area contributed by atoms with Crippen molar-refractivity contribution >= 4 is 49.4 Å². The molecule has 62 heavy (non-hydrogen) atoms. The number of hydrogen-bond donors (Lipinski definition) is 0. The predicted molar refractivity (Wildman–Crippen MR) is 262 cm³/mol. The van der Waals surface area contributed by atoms with Crippen LogP contribution in [0.15, 0.2) is 249 Å². The first-order valence-electron chi connectivity index (χ1n) is 21.5. The Balaban J connectivity index is 1.19. The first kappa shape index (κ1) is 35.9. The summed E-state index contributed by atoms with van der Waals surface area (Å²) in [7, 11) is 0. The molecule has 0 N–H and O–H groups in total. The number of fused-ring (bicyclic) bond motifs is 7. The Hall–Kier alpha value is -8.00. The van der Waals surface area contributed by atoms with E-state index in [1.807, 2.05) is 0 Å². The van der Waals surface area contributed by atoms with Gasteiger partial charge in [-0.15, -0.1) is 0 Å². The van der Waals surface area contributed by atoms with E-state index in [1.54, 1.807) is 0 Å². The van der Waals surface area contributed by atoms with E-state index in [4.69, 9.17) is 0 Å². The molecule has 0 atom stereocenters. The summed E-state index contributed by atoms with van der Waals surface area (Å²) in [6.07, 6.45) is 0. The summed E-state index contributed by atoms with van der Waals surface area (Å²) in [6, 6.07) is 91.7. The van der Waals surface area contributed by atoms with E-state index in [0.717, 1.165) is 22.6 Å². The van der Waals surface area contributed by atoms with Gasteiger partial charge in [0.05, 0.1) is 16.8 Å². The Labute approximate surface area is 362 Å². The molecule has 1 heteroatoms. The highest BCUT2D eigenvalue weighted by Crippen LogP contribution is 2.57. The van der Waals surface area contributed by atoms with E-state index in [-0.39, 0.29) is 0 Å². The van der Waals surface area contributed by atoms with E-state index in [0.29, 0.717) is 0 Å². The summed E-state index contributed by atoms with van der Waals surface area (Å²) >= 11 is 0. The summed E-state index contributed by atoms with van der Waals surface area (Å²) in [6.45, 7) is 0. The quantitative estimate of drug-likeness (QED) is 0.145. The number of anilines is 3. The van der Waals surface area contributed by atoms with Crippen molar-refractivity contribution in [1.29, 1.82) is 0 Å². The van der Waals surface area contributed by atoms with E-state index >= 15 is 0 Å². The number of nitrogens with zero attached hydrogens (tertiary/aromatic N) is 1. The van der Waals surface area contributed by atoms with Crippen LogP contribution < -0.4 is 4.90 Å². The first-order chi connectivity index (χ1) is 30.8. The highest BCUT2D eigenvalue weighted by Gasteiger charge is 2.45. The second-order valence-electron chi connectivity index (χ2n) is 16.3. The first-order valence-corrected chi connectivity index (χ1v) is 21.5. The Bertz CT molecular complexity index is 3410. The maximum atomic E-state index is 2.55. The molecule has 11 aromatic rings. The second kappa shape index (κ2) is 14.6. The molecule has 1 nitrogen and oxygen atoms in total. The average Bonchev–Trinajstić information content (AvgIpc) is 3.66. The summed E-state index contributed by atoms with van der Waals surface area (Å²) in [4.78, 5) is 2.55. The molecule has 12 rings (SSSR count). The molecule has 0 heterocycles. The fraction of sp³-hybridized carbons (Fsp3) is 0.0164. The Morgan fingerprint density at radius 3 is 1.45 bits per heavy atom. The lowest BCUT2D eigenvalue weighted by Crippen LogP contribution is -2.28. The van der Waals surface area contributed by atoms with Crippen LogP contribution in [-0.4, -0.2) is 0 Å². The maximum Gasteiger partial charge on any atom is 0.0713 e. The van der Waals surface area contributed by atoms with Crippen LogP contribution in [0.2, 0.25) is 0 Å². The van der Waals surface area contributed by atoms with Gasteiger partial charge in [-0.2, -0.15) is 0 Å². The van der Waals surface area contributed by atoms with Gasteiger partial charge in [0.15, 0.2) is 0 Å². The lowest BCUT2D eigenvalue weighted by Gasteiger charge is -2.35. The van der Waals surface area contributed by atoms with Gasteiger partial charge < -0.3 is 4.90 Å². The molecule has 0 saturated heterocycles. The van der Waals surface area contributed by atoms with Gasteiger partial charge in [-0.05, 0) is 89.6 Å². The van der Waals surface area contributed by atoms with E-state index in [1.165, 1.54) is 82.4 Å². The van der Waals surface area contributed by atoms with Crippen molar-refractivity contribution in [3.05, 3.63) is 271 Å². The molecule has 0 aromatic heterocycles. The lowest BCUT2D eigenvalue weighted by atomic mass is 9.67. The zero-order valence-electron chi connectivity index (χ0n) is 34.1. The van der Waals surface area contributed by atoms with Gasteiger partial charge in [0, 0.05) is 22.2 Å². The van der Waals surface area contributed by atoms with E-state index in [2.05, 4.69) is 254 Å². The van der Waals surface area contributed by atoms with Crippen LogP contribution in [-0.2, 0) is 5.41 Å². The smallest absolute Gasteiger partial charge is 0.0713 e. The van der Waals surface area contributed by atoms with Crippen molar-refractivity contribution in [3.8, 4) is 33.4 Å². The predicted octanol–water partition coefficient (Wildman–Crippen LogP) is 16.3. The molecule has 0 fully saturated rings. The highest BCUT2D eigenvalue weighted by atomic mass is 15.1. The van der Waals surface area contributed by atoms with Gasteiger partial charge in [-0.3, -0.25) is 0 Å². The molecule has 0 radical (unpaired) electrons. The summed E-state index contributed by atoms with van der Waals surface area (Å²) in [5.74, 6) is 0. The van der Waals surface area contributed by atoms with Crippen LogP contribution in [0.1, 0.15) is 22.3 Å². The van der Waals surface area contributed by atoms with Gasteiger partial charge in [0.2, 0.25) is 0 Å². The summed E-state index contributed by atoms with van der Waals surface area (Å²) in [5, 5.41) is 7.33. The minimum atomic E-state index is -0.497. The number of benzene rings is 11. The zero-order chi connectivity index (χ0) is 41.0. The minimum absolute atomic E-state index is 0.497. The summed E-state index contributed by atoms with van der Waals surface area (Å²) < 4.78 is 0. The molecule has 0 saturated carbocycles. The van der Waals surface area contributed by atoms with Crippen molar-refractivity contribution in [1.82, 2.24) is 0 Å². The Kier molecular flexibility index (Phi) is 8.47. The maximum absolute atomic E-state index is 2.55. The van der Waals surface area contributed by atoms with Crippen LogP contribution in [0.4, 0.5) is 17.1 Å². The molecule has 290 valence electrons. The number of para-hydroxylation sites is 1. The Morgan fingerprint density at radius 1 is 0.290 bits per heavy atom. The average molecular weight is 788 g/mol. The molecular weight excluding hydrogens is 747 g/mol. The monoisotopic (exact) mass is 787 g/mol. The topological polar surface area (TPSA) is 3.24 Å². The molecule has 0 spiro atoms. The normalized spacial score (nSPS) is 12.6. The largest absolute Gasteiger partial charge is 0.309 e. The van der Waals surface area contributed by atoms with Crippen LogP contribution in [0, 0.1) is 0 Å². The lowest BCUT2D eigenvalue weighted by molar-refractivity contribution is 0.768. The van der Waals surface area contributed by atoms with Gasteiger partial charge >= 0.3 is 0 Å². The number of hydrogen-bond acceptors (Lipinski definition) is 1. The molecule has 1 aliphatic carbocycles. The Morgan fingerprint density at radius 2 is 0.758 bits per heavy atom. The van der Waals surface area contributed by atoms with Gasteiger partial charge in [0.25, 0.3) is 0 Å². The molecule has 11 aromatic carbocycles. The highest BCUT2D eigenvalue weighted by molar-refractivity contribution is 6.24. The minimum Gasteiger partial charge on any atom is -0.309 e.